The molecule has 0 saturated carbocycles. The summed E-state index contributed by atoms with van der Waals surface area (Å²) >= 11 is 0. The van der Waals surface area contributed by atoms with Gasteiger partial charge in [0.2, 0.25) is 0 Å². The lowest BCUT2D eigenvalue weighted by atomic mass is 10.5. The average molecular weight is 206 g/mol. The number of amides is 1. The van der Waals surface area contributed by atoms with E-state index in [4.69, 9.17) is 20.1 Å². The van der Waals surface area contributed by atoms with Crippen LogP contribution in [0.5, 0.6) is 0 Å². The van der Waals surface area contributed by atoms with Crippen LogP contribution in [0, 0.1) is 0 Å². The molecule has 0 aromatic carbocycles. The summed E-state index contributed by atoms with van der Waals surface area (Å²) in [6.07, 6.45) is 0.752. The molecule has 0 spiro atoms. The number of nitrogens with one attached hydrogen (secondary N) is 1. The first-order valence-electron chi connectivity index (χ1n) is 4.45. The zero-order valence-corrected chi connectivity index (χ0v) is 8.45. The third-order valence-electron chi connectivity index (χ3n) is 1.40. The van der Waals surface area contributed by atoms with Gasteiger partial charge in [-0.2, -0.15) is 0 Å². The summed E-state index contributed by atoms with van der Waals surface area (Å²) in [5.74, 6) is 4.52. The van der Waals surface area contributed by atoms with Crippen LogP contribution in [0.15, 0.2) is 0 Å². The van der Waals surface area contributed by atoms with Gasteiger partial charge < -0.3 is 14.2 Å². The highest BCUT2D eigenvalue weighted by molar-refractivity contribution is 5.76. The SMILES string of the molecule is COCCOCCCOCC(=O)NN. The highest BCUT2D eigenvalue weighted by Gasteiger charge is 1.96. The van der Waals surface area contributed by atoms with Gasteiger partial charge in [-0.1, -0.05) is 0 Å². The van der Waals surface area contributed by atoms with Gasteiger partial charge >= 0.3 is 0 Å². The predicted octanol–water partition coefficient (Wildman–Crippen LogP) is -0.954. The Hall–Kier alpha value is -0.690. The molecule has 0 radical (unpaired) electrons. The van der Waals surface area contributed by atoms with E-state index < -0.39 is 0 Å². The first-order chi connectivity index (χ1) is 6.81. The van der Waals surface area contributed by atoms with Crippen molar-refractivity contribution in [1.29, 1.82) is 0 Å². The van der Waals surface area contributed by atoms with Crippen LogP contribution in [-0.2, 0) is 19.0 Å². The van der Waals surface area contributed by atoms with Crippen molar-refractivity contribution in [2.75, 3.05) is 40.1 Å². The zero-order valence-electron chi connectivity index (χ0n) is 8.45. The maximum atomic E-state index is 10.6. The fraction of sp³-hybridized carbons (Fsp3) is 0.875. The molecule has 6 nitrogen and oxygen atoms in total. The highest BCUT2D eigenvalue weighted by Crippen LogP contribution is 1.85. The van der Waals surface area contributed by atoms with E-state index in [0.29, 0.717) is 26.4 Å². The number of hydrogen-bond donors (Lipinski definition) is 2. The molecule has 0 unspecified atom stereocenters. The Kier molecular flexibility index (Phi) is 9.88. The van der Waals surface area contributed by atoms with Crippen LogP contribution >= 0.6 is 0 Å². The van der Waals surface area contributed by atoms with Crippen molar-refractivity contribution in [3.8, 4) is 0 Å². The Morgan fingerprint density at radius 3 is 2.57 bits per heavy atom. The minimum absolute atomic E-state index is 0.00539. The first kappa shape index (κ1) is 13.3. The summed E-state index contributed by atoms with van der Waals surface area (Å²) < 4.78 is 15.0. The average Bonchev–Trinajstić information content (AvgIpc) is 2.21. The lowest BCUT2D eigenvalue weighted by Crippen LogP contribution is -2.33. The monoisotopic (exact) mass is 206 g/mol. The number of hydrogen-bond acceptors (Lipinski definition) is 5. The van der Waals surface area contributed by atoms with Gasteiger partial charge in [0.25, 0.3) is 5.91 Å². The van der Waals surface area contributed by atoms with E-state index in [1.54, 1.807) is 7.11 Å². The van der Waals surface area contributed by atoms with Crippen LogP contribution in [0.1, 0.15) is 6.42 Å². The van der Waals surface area contributed by atoms with E-state index in [9.17, 15) is 4.79 Å². The number of methoxy groups -OCH3 is 1. The van der Waals surface area contributed by atoms with Crippen molar-refractivity contribution in [3.63, 3.8) is 0 Å². The van der Waals surface area contributed by atoms with Crippen LogP contribution in [0.3, 0.4) is 0 Å². The zero-order chi connectivity index (χ0) is 10.6. The molecule has 0 rings (SSSR count). The van der Waals surface area contributed by atoms with Gasteiger partial charge in [-0.3, -0.25) is 10.2 Å². The maximum Gasteiger partial charge on any atom is 0.259 e. The van der Waals surface area contributed by atoms with E-state index >= 15 is 0 Å². The topological polar surface area (TPSA) is 82.8 Å². The molecular weight excluding hydrogens is 188 g/mol. The molecule has 0 fully saturated rings. The first-order valence-corrected chi connectivity index (χ1v) is 4.45. The van der Waals surface area contributed by atoms with Gasteiger partial charge in [0, 0.05) is 20.3 Å². The summed E-state index contributed by atoms with van der Waals surface area (Å²) in [5.41, 5.74) is 1.97. The minimum atomic E-state index is -0.328. The quantitative estimate of drug-likeness (QED) is 0.220. The van der Waals surface area contributed by atoms with Crippen molar-refractivity contribution in [3.05, 3.63) is 0 Å². The Balaban J connectivity index is 2.95. The molecule has 6 heteroatoms. The summed E-state index contributed by atoms with van der Waals surface area (Å²) in [4.78, 5) is 10.6. The maximum absolute atomic E-state index is 10.6. The molecule has 0 aromatic heterocycles. The second-order valence-corrected chi connectivity index (χ2v) is 2.58. The predicted molar refractivity (Wildman–Crippen MR) is 50.5 cm³/mol. The third kappa shape index (κ3) is 9.40. The molecule has 3 N–H and O–H groups in total. The van der Waals surface area contributed by atoms with Gasteiger partial charge in [-0.15, -0.1) is 0 Å². The highest BCUT2D eigenvalue weighted by atomic mass is 16.5. The molecule has 0 aromatic rings. The molecule has 0 saturated heterocycles. The van der Waals surface area contributed by atoms with Crippen molar-refractivity contribution >= 4 is 5.91 Å². The molecule has 84 valence electrons. The standard InChI is InChI=1S/C8H18N2O4/c1-12-5-6-13-3-2-4-14-7-8(11)10-9/h2-7,9H2,1H3,(H,10,11). The van der Waals surface area contributed by atoms with Crippen molar-refractivity contribution in [1.82, 2.24) is 5.43 Å². The molecule has 0 heterocycles. The van der Waals surface area contributed by atoms with Crippen LogP contribution in [0.4, 0.5) is 0 Å². The number of carbonyl (C=O) groups excluding carboxylic acids is 1. The van der Waals surface area contributed by atoms with E-state index in [1.807, 2.05) is 5.43 Å². The van der Waals surface area contributed by atoms with Gasteiger partial charge in [0.05, 0.1) is 13.2 Å². The van der Waals surface area contributed by atoms with Gasteiger partial charge in [0.1, 0.15) is 6.61 Å². The summed E-state index contributed by atoms with van der Waals surface area (Å²) in [6, 6.07) is 0. The van der Waals surface area contributed by atoms with Gasteiger partial charge in [0.15, 0.2) is 0 Å². The smallest absolute Gasteiger partial charge is 0.259 e. The number of nitrogens with two attached hydrogens (primary N) is 1. The van der Waals surface area contributed by atoms with Crippen molar-refractivity contribution in [2.24, 2.45) is 5.84 Å². The largest absolute Gasteiger partial charge is 0.382 e. The lowest BCUT2D eigenvalue weighted by molar-refractivity contribution is -0.125. The normalized spacial score (nSPS) is 10.1. The van der Waals surface area contributed by atoms with Crippen LogP contribution < -0.4 is 11.3 Å². The molecule has 0 aliphatic heterocycles. The van der Waals surface area contributed by atoms with Crippen LogP contribution in [0.25, 0.3) is 0 Å². The summed E-state index contributed by atoms with van der Waals surface area (Å²) in [7, 11) is 1.62. The van der Waals surface area contributed by atoms with Crippen molar-refractivity contribution in [2.45, 2.75) is 6.42 Å². The molecule has 14 heavy (non-hydrogen) atoms. The second-order valence-electron chi connectivity index (χ2n) is 2.58. The fourth-order valence-corrected chi connectivity index (χ4v) is 0.714. The number of ether oxygens (including phenoxy) is 3. The van der Waals surface area contributed by atoms with E-state index in [-0.39, 0.29) is 12.5 Å². The van der Waals surface area contributed by atoms with Crippen LogP contribution in [0.2, 0.25) is 0 Å². The Labute approximate surface area is 83.7 Å². The molecule has 0 atom stereocenters. The van der Waals surface area contributed by atoms with E-state index in [0.717, 1.165) is 6.42 Å². The molecule has 0 aliphatic rings. The molecular formula is C8H18N2O4. The Morgan fingerprint density at radius 2 is 1.93 bits per heavy atom. The Morgan fingerprint density at radius 1 is 1.21 bits per heavy atom. The number of rotatable bonds is 9. The van der Waals surface area contributed by atoms with E-state index in [2.05, 4.69) is 0 Å². The molecule has 0 aliphatic carbocycles. The summed E-state index contributed by atoms with van der Waals surface area (Å²) in [6.45, 7) is 2.26. The molecule has 0 bridgehead atoms. The lowest BCUT2D eigenvalue weighted by Gasteiger charge is -2.04. The summed E-state index contributed by atoms with van der Waals surface area (Å²) in [5, 5.41) is 0. The second kappa shape index (κ2) is 10.4. The minimum Gasteiger partial charge on any atom is -0.382 e. The Bertz CT molecular complexity index is 143. The fourth-order valence-electron chi connectivity index (χ4n) is 0.714. The van der Waals surface area contributed by atoms with E-state index in [1.165, 1.54) is 0 Å². The third-order valence-corrected chi connectivity index (χ3v) is 1.40. The van der Waals surface area contributed by atoms with Crippen molar-refractivity contribution < 1.29 is 19.0 Å². The van der Waals surface area contributed by atoms with Gasteiger partial charge in [-0.25, -0.2) is 5.84 Å². The number of hydrazine groups is 1. The van der Waals surface area contributed by atoms with Gasteiger partial charge in [-0.05, 0) is 6.42 Å². The number of carbonyl (C=O) groups is 1. The molecule has 1 amide bonds. The van der Waals surface area contributed by atoms with Crippen LogP contribution in [-0.4, -0.2) is 46.1 Å².